The van der Waals surface area contributed by atoms with Gasteiger partial charge in [0.05, 0.1) is 12.6 Å². The fraction of sp³-hybridized carbons (Fsp3) is 0.556. The van der Waals surface area contributed by atoms with Crippen LogP contribution in [0.25, 0.3) is 11.0 Å². The zero-order valence-electron chi connectivity index (χ0n) is 12.9. The van der Waals surface area contributed by atoms with Crippen molar-refractivity contribution in [1.29, 1.82) is 0 Å². The van der Waals surface area contributed by atoms with Crippen LogP contribution >= 0.6 is 0 Å². The second-order valence-electron chi connectivity index (χ2n) is 6.82. The van der Waals surface area contributed by atoms with Crippen molar-refractivity contribution in [2.75, 3.05) is 26.8 Å². The lowest BCUT2D eigenvalue weighted by Crippen LogP contribution is -2.49. The highest BCUT2D eigenvalue weighted by molar-refractivity contribution is 5.82. The molecule has 1 aromatic carbocycles. The first kappa shape index (κ1) is 13.4. The van der Waals surface area contributed by atoms with Gasteiger partial charge in [-0.3, -0.25) is 4.90 Å². The lowest BCUT2D eigenvalue weighted by molar-refractivity contribution is -0.0428. The van der Waals surface area contributed by atoms with Crippen molar-refractivity contribution < 1.29 is 9.15 Å². The summed E-state index contributed by atoms with van der Waals surface area (Å²) in [5, 5.41) is 1.30. The van der Waals surface area contributed by atoms with Crippen LogP contribution in [-0.2, 0) is 11.2 Å². The van der Waals surface area contributed by atoms with Crippen molar-refractivity contribution >= 4 is 11.0 Å². The first-order valence-electron chi connectivity index (χ1n) is 7.96. The number of nitrogens with zero attached hydrogens (tertiary/aromatic N) is 1. The fourth-order valence-corrected chi connectivity index (χ4v) is 4.45. The van der Waals surface area contributed by atoms with E-state index in [1.54, 1.807) is 0 Å². The van der Waals surface area contributed by atoms with Gasteiger partial charge in [0.2, 0.25) is 0 Å². The third-order valence-electron chi connectivity index (χ3n) is 5.32. The Kier molecular flexibility index (Phi) is 3.09. The van der Waals surface area contributed by atoms with Crippen LogP contribution in [0.5, 0.6) is 0 Å². The molecule has 1 aromatic heterocycles. The zero-order valence-corrected chi connectivity index (χ0v) is 12.9. The molecular formula is C18H23NO2. The molecule has 3 nitrogen and oxygen atoms in total. The summed E-state index contributed by atoms with van der Waals surface area (Å²) in [4.78, 5) is 2.60. The minimum atomic E-state index is 0.149. The lowest BCUT2D eigenvalue weighted by atomic mass is 9.72. The van der Waals surface area contributed by atoms with Crippen LogP contribution in [0.1, 0.15) is 37.1 Å². The Hall–Kier alpha value is -1.32. The van der Waals surface area contributed by atoms with Crippen LogP contribution in [0.15, 0.2) is 28.7 Å². The normalized spacial score (nSPS) is 29.3. The number of methoxy groups -OCH3 is 1. The second-order valence-corrected chi connectivity index (χ2v) is 6.82. The summed E-state index contributed by atoms with van der Waals surface area (Å²) in [6, 6.07) is 8.82. The Balaban J connectivity index is 1.87. The smallest absolute Gasteiger partial charge is 0.134 e. The molecule has 0 saturated carbocycles. The van der Waals surface area contributed by atoms with Gasteiger partial charge in [-0.2, -0.15) is 0 Å². The highest BCUT2D eigenvalue weighted by Gasteiger charge is 2.46. The highest BCUT2D eigenvalue weighted by Crippen LogP contribution is 2.50. The number of hydrogen-bond acceptors (Lipinski definition) is 3. The van der Waals surface area contributed by atoms with Crippen molar-refractivity contribution in [1.82, 2.24) is 4.90 Å². The van der Waals surface area contributed by atoms with Gasteiger partial charge in [-0.1, -0.05) is 25.1 Å². The molecule has 1 fully saturated rings. The van der Waals surface area contributed by atoms with Crippen LogP contribution in [0.3, 0.4) is 0 Å². The lowest BCUT2D eigenvalue weighted by Gasteiger charge is -2.49. The van der Waals surface area contributed by atoms with Crippen molar-refractivity contribution in [2.24, 2.45) is 5.41 Å². The Morgan fingerprint density at radius 3 is 3.05 bits per heavy atom. The number of piperidine rings is 1. The minimum Gasteiger partial charge on any atom is -0.459 e. The summed E-state index contributed by atoms with van der Waals surface area (Å²) < 4.78 is 11.9. The van der Waals surface area contributed by atoms with Gasteiger partial charge in [-0.05, 0) is 31.9 Å². The molecule has 2 aliphatic rings. The predicted molar refractivity (Wildman–Crippen MR) is 83.4 cm³/mol. The van der Waals surface area contributed by atoms with Crippen molar-refractivity contribution in [2.45, 2.75) is 32.2 Å². The molecule has 1 unspecified atom stereocenters. The van der Waals surface area contributed by atoms with E-state index in [0.717, 1.165) is 25.2 Å². The van der Waals surface area contributed by atoms with Crippen molar-refractivity contribution in [3.05, 3.63) is 35.6 Å². The van der Waals surface area contributed by atoms with Gasteiger partial charge in [-0.25, -0.2) is 0 Å². The maximum Gasteiger partial charge on any atom is 0.134 e. The van der Waals surface area contributed by atoms with Crippen molar-refractivity contribution in [3.8, 4) is 0 Å². The summed E-state index contributed by atoms with van der Waals surface area (Å²) in [5.74, 6) is 1.20. The molecule has 2 aromatic rings. The summed E-state index contributed by atoms with van der Waals surface area (Å²) in [7, 11) is 1.81. The molecule has 0 spiro atoms. The van der Waals surface area contributed by atoms with Crippen molar-refractivity contribution in [3.63, 3.8) is 0 Å². The summed E-state index contributed by atoms with van der Waals surface area (Å²) in [6.07, 6.45) is 3.57. The number of furan rings is 1. The van der Waals surface area contributed by atoms with Gasteiger partial charge in [0.1, 0.15) is 11.3 Å². The van der Waals surface area contributed by atoms with Gasteiger partial charge in [0, 0.05) is 30.0 Å². The van der Waals surface area contributed by atoms with Crippen LogP contribution in [0.2, 0.25) is 0 Å². The average Bonchev–Trinajstić information content (AvgIpc) is 2.85. The van der Waals surface area contributed by atoms with Gasteiger partial charge < -0.3 is 9.15 Å². The molecule has 0 amide bonds. The van der Waals surface area contributed by atoms with E-state index in [0.29, 0.717) is 6.04 Å². The van der Waals surface area contributed by atoms with E-state index in [1.807, 2.05) is 7.11 Å². The molecule has 21 heavy (non-hydrogen) atoms. The number of ether oxygens (including phenoxy) is 1. The fourth-order valence-electron chi connectivity index (χ4n) is 4.45. The number of hydrogen-bond donors (Lipinski definition) is 0. The summed E-state index contributed by atoms with van der Waals surface area (Å²) in [6.45, 7) is 5.47. The average molecular weight is 285 g/mol. The minimum absolute atomic E-state index is 0.149. The highest BCUT2D eigenvalue weighted by atomic mass is 16.5. The Morgan fingerprint density at radius 2 is 2.19 bits per heavy atom. The molecule has 0 N–H and O–H groups in total. The molecule has 0 bridgehead atoms. The van der Waals surface area contributed by atoms with E-state index in [1.165, 1.54) is 36.1 Å². The third-order valence-corrected chi connectivity index (χ3v) is 5.32. The molecule has 2 aliphatic heterocycles. The number of rotatable bonds is 2. The molecular weight excluding hydrogens is 262 g/mol. The molecule has 0 radical (unpaired) electrons. The Bertz CT molecular complexity index is 658. The van der Waals surface area contributed by atoms with Crippen LogP contribution in [-0.4, -0.2) is 31.7 Å². The zero-order chi connectivity index (χ0) is 14.4. The number of benzene rings is 1. The van der Waals surface area contributed by atoms with E-state index in [9.17, 15) is 0 Å². The van der Waals surface area contributed by atoms with Gasteiger partial charge in [0.15, 0.2) is 0 Å². The van der Waals surface area contributed by atoms with Gasteiger partial charge >= 0.3 is 0 Å². The SMILES string of the molecule is COC[C@@]1(C)CCCN2CCc3c(oc4ccccc34)C21. The third kappa shape index (κ3) is 1.95. The van der Waals surface area contributed by atoms with Crippen LogP contribution in [0, 0.1) is 5.41 Å². The standard InChI is InChI=1S/C18H23NO2/c1-18(12-20-2)9-5-10-19-11-8-14-13-6-3-4-7-15(13)21-16(14)17(18)19/h3-4,6-7,17H,5,8-12H2,1-2H3/t17?,18-/m1/s1. The Morgan fingerprint density at radius 1 is 1.33 bits per heavy atom. The first-order valence-corrected chi connectivity index (χ1v) is 7.96. The van der Waals surface area contributed by atoms with E-state index in [-0.39, 0.29) is 5.41 Å². The van der Waals surface area contributed by atoms with E-state index in [2.05, 4.69) is 36.1 Å². The maximum atomic E-state index is 6.30. The molecule has 112 valence electrons. The van der Waals surface area contributed by atoms with Gasteiger partial charge in [0.25, 0.3) is 0 Å². The van der Waals surface area contributed by atoms with Crippen LogP contribution in [0.4, 0.5) is 0 Å². The quantitative estimate of drug-likeness (QED) is 0.839. The Labute approximate surface area is 125 Å². The molecule has 1 saturated heterocycles. The van der Waals surface area contributed by atoms with Crippen LogP contribution < -0.4 is 0 Å². The molecule has 2 atom stereocenters. The molecule has 4 rings (SSSR count). The second kappa shape index (κ2) is 4.85. The first-order chi connectivity index (χ1) is 10.2. The predicted octanol–water partition coefficient (Wildman–Crippen LogP) is 3.78. The molecule has 3 heteroatoms. The monoisotopic (exact) mass is 285 g/mol. The number of para-hydroxylation sites is 1. The number of fused-ring (bicyclic) bond motifs is 5. The van der Waals surface area contributed by atoms with E-state index >= 15 is 0 Å². The topological polar surface area (TPSA) is 25.6 Å². The van der Waals surface area contributed by atoms with Gasteiger partial charge in [-0.15, -0.1) is 0 Å². The molecule has 3 heterocycles. The maximum absolute atomic E-state index is 6.30. The summed E-state index contributed by atoms with van der Waals surface area (Å²) >= 11 is 0. The summed E-state index contributed by atoms with van der Waals surface area (Å²) in [5.41, 5.74) is 2.61. The van der Waals surface area contributed by atoms with E-state index in [4.69, 9.17) is 9.15 Å². The largest absolute Gasteiger partial charge is 0.459 e. The van der Waals surface area contributed by atoms with E-state index < -0.39 is 0 Å². The molecule has 0 aliphatic carbocycles.